The van der Waals surface area contributed by atoms with Gasteiger partial charge in [-0.3, -0.25) is 4.98 Å². The zero-order valence-electron chi connectivity index (χ0n) is 19.6. The van der Waals surface area contributed by atoms with E-state index < -0.39 is 5.82 Å². The fourth-order valence-corrected chi connectivity index (χ4v) is 4.22. The molecule has 180 valence electrons. The molecule has 2 aromatic carbocycles. The summed E-state index contributed by atoms with van der Waals surface area (Å²) in [5.41, 5.74) is 2.31. The van der Waals surface area contributed by atoms with Crippen LogP contribution in [0.15, 0.2) is 67.0 Å². The molecular weight excluding hydrogens is 443 g/mol. The van der Waals surface area contributed by atoms with Crippen LogP contribution in [0.1, 0.15) is 25.7 Å². The summed E-state index contributed by atoms with van der Waals surface area (Å²) in [5, 5.41) is 7.08. The van der Waals surface area contributed by atoms with Crippen LogP contribution in [-0.2, 0) is 0 Å². The highest BCUT2D eigenvalue weighted by atomic mass is 19.1. The second-order valence-electron chi connectivity index (χ2n) is 8.69. The van der Waals surface area contributed by atoms with Crippen LogP contribution in [0.2, 0.25) is 0 Å². The van der Waals surface area contributed by atoms with Gasteiger partial charge in [0.05, 0.1) is 30.2 Å². The predicted molar refractivity (Wildman–Crippen MR) is 137 cm³/mol. The second-order valence-corrected chi connectivity index (χ2v) is 8.69. The Kier molecular flexibility index (Phi) is 7.29. The minimum absolute atomic E-state index is 0.0771. The number of para-hydroxylation sites is 1. The molecule has 1 aliphatic rings. The first-order valence-electron chi connectivity index (χ1n) is 12.1. The van der Waals surface area contributed by atoms with E-state index >= 15 is 0 Å². The highest BCUT2D eigenvalue weighted by Crippen LogP contribution is 2.23. The number of aromatic nitrogens is 3. The van der Waals surface area contributed by atoms with Gasteiger partial charge in [-0.25, -0.2) is 9.37 Å². The van der Waals surface area contributed by atoms with Crippen LogP contribution >= 0.6 is 0 Å². The normalized spacial score (nSPS) is 14.1. The van der Waals surface area contributed by atoms with Gasteiger partial charge in [-0.05, 0) is 68.8 Å². The van der Waals surface area contributed by atoms with Crippen molar-refractivity contribution in [1.82, 2.24) is 19.9 Å². The molecule has 0 bridgehead atoms. The summed E-state index contributed by atoms with van der Waals surface area (Å²) >= 11 is 0. The standard InChI is InChI=1S/C27H29FN6O/c28-24-19-30-27(33-26(24)31-22-17-20-7-2-3-8-25(20)29-18-22)32-21-9-11-23(12-10-21)35-16-6-15-34-13-4-1-5-14-34/h2-3,7-12,17-19H,1,4-6,13-16H2,(H2,30,31,32,33). The molecule has 0 atom stereocenters. The largest absolute Gasteiger partial charge is 0.494 e. The number of hydrogen-bond acceptors (Lipinski definition) is 7. The van der Waals surface area contributed by atoms with E-state index in [9.17, 15) is 4.39 Å². The van der Waals surface area contributed by atoms with Crippen LogP contribution < -0.4 is 15.4 Å². The third-order valence-corrected chi connectivity index (χ3v) is 6.04. The molecule has 2 N–H and O–H groups in total. The third-order valence-electron chi connectivity index (χ3n) is 6.04. The van der Waals surface area contributed by atoms with Crippen molar-refractivity contribution in [3.63, 3.8) is 0 Å². The third kappa shape index (κ3) is 6.22. The van der Waals surface area contributed by atoms with Crippen LogP contribution in [0.3, 0.4) is 0 Å². The summed E-state index contributed by atoms with van der Waals surface area (Å²) in [4.78, 5) is 15.3. The van der Waals surface area contributed by atoms with E-state index in [1.165, 1.54) is 32.4 Å². The maximum Gasteiger partial charge on any atom is 0.229 e. The van der Waals surface area contributed by atoms with Gasteiger partial charge in [-0.15, -0.1) is 0 Å². The van der Waals surface area contributed by atoms with Crippen molar-refractivity contribution >= 4 is 34.0 Å². The molecular formula is C27H29FN6O. The summed E-state index contributed by atoms with van der Waals surface area (Å²) in [6.07, 6.45) is 7.80. The van der Waals surface area contributed by atoms with Crippen LogP contribution in [0.4, 0.5) is 27.5 Å². The molecule has 35 heavy (non-hydrogen) atoms. The molecule has 2 aromatic heterocycles. The zero-order chi connectivity index (χ0) is 23.9. The van der Waals surface area contributed by atoms with Crippen molar-refractivity contribution in [2.45, 2.75) is 25.7 Å². The SMILES string of the molecule is Fc1cnc(Nc2ccc(OCCCN3CCCCC3)cc2)nc1Nc1cnc2ccccc2c1. The van der Waals surface area contributed by atoms with Crippen molar-refractivity contribution in [2.24, 2.45) is 0 Å². The fourth-order valence-electron chi connectivity index (χ4n) is 4.22. The Morgan fingerprint density at radius 2 is 1.71 bits per heavy atom. The average Bonchev–Trinajstić information content (AvgIpc) is 2.90. The van der Waals surface area contributed by atoms with Gasteiger partial charge >= 0.3 is 0 Å². The monoisotopic (exact) mass is 472 g/mol. The van der Waals surface area contributed by atoms with E-state index in [4.69, 9.17) is 4.74 Å². The Balaban J connectivity index is 1.16. The Morgan fingerprint density at radius 1 is 0.886 bits per heavy atom. The number of pyridine rings is 1. The number of halogens is 1. The molecule has 7 nitrogen and oxygen atoms in total. The number of likely N-dealkylation sites (tertiary alicyclic amines) is 1. The summed E-state index contributed by atoms with van der Waals surface area (Å²) in [7, 11) is 0. The van der Waals surface area contributed by atoms with Crippen molar-refractivity contribution in [3.05, 3.63) is 72.8 Å². The zero-order valence-corrected chi connectivity index (χ0v) is 19.6. The Bertz CT molecular complexity index is 1260. The number of anilines is 4. The van der Waals surface area contributed by atoms with Gasteiger partial charge in [0.15, 0.2) is 11.6 Å². The Labute approximate surface area is 204 Å². The van der Waals surface area contributed by atoms with E-state index in [1.54, 1.807) is 6.20 Å². The maximum atomic E-state index is 14.4. The first kappa shape index (κ1) is 23.0. The minimum Gasteiger partial charge on any atom is -0.494 e. The molecule has 4 aromatic rings. The van der Waals surface area contributed by atoms with Crippen molar-refractivity contribution in [1.29, 1.82) is 0 Å². The summed E-state index contributed by atoms with van der Waals surface area (Å²) < 4.78 is 20.3. The molecule has 0 unspecified atom stereocenters. The van der Waals surface area contributed by atoms with Crippen LogP contribution in [0.25, 0.3) is 10.9 Å². The quantitative estimate of drug-likeness (QED) is 0.294. The van der Waals surface area contributed by atoms with Gasteiger partial charge in [0.25, 0.3) is 0 Å². The lowest BCUT2D eigenvalue weighted by Gasteiger charge is -2.26. The predicted octanol–water partition coefficient (Wildman–Crippen LogP) is 5.91. The molecule has 1 fully saturated rings. The van der Waals surface area contributed by atoms with E-state index in [0.29, 0.717) is 12.3 Å². The highest BCUT2D eigenvalue weighted by Gasteiger charge is 2.10. The summed E-state index contributed by atoms with van der Waals surface area (Å²) in [6.45, 7) is 4.21. The smallest absolute Gasteiger partial charge is 0.229 e. The fraction of sp³-hybridized carbons (Fsp3) is 0.296. The summed E-state index contributed by atoms with van der Waals surface area (Å²) in [5.74, 6) is 0.642. The maximum absolute atomic E-state index is 14.4. The number of nitrogens with one attached hydrogen (secondary N) is 2. The Hall–Kier alpha value is -3.78. The second kappa shape index (κ2) is 11.1. The first-order valence-corrected chi connectivity index (χ1v) is 12.1. The molecule has 1 saturated heterocycles. The minimum atomic E-state index is -0.544. The van der Waals surface area contributed by atoms with E-state index in [-0.39, 0.29) is 11.8 Å². The van der Waals surface area contributed by atoms with Crippen molar-refractivity contribution in [2.75, 3.05) is 36.9 Å². The van der Waals surface area contributed by atoms with E-state index in [0.717, 1.165) is 41.5 Å². The molecule has 8 heteroatoms. The molecule has 0 aliphatic carbocycles. The molecule has 0 amide bonds. The number of hydrogen-bond donors (Lipinski definition) is 2. The van der Waals surface area contributed by atoms with Crippen molar-refractivity contribution < 1.29 is 9.13 Å². The van der Waals surface area contributed by atoms with Gasteiger partial charge in [0.1, 0.15) is 5.75 Å². The molecule has 3 heterocycles. The van der Waals surface area contributed by atoms with Gasteiger partial charge in [0.2, 0.25) is 5.95 Å². The van der Waals surface area contributed by atoms with Crippen LogP contribution in [0, 0.1) is 5.82 Å². The van der Waals surface area contributed by atoms with Gasteiger partial charge in [-0.1, -0.05) is 24.6 Å². The molecule has 0 saturated carbocycles. The highest BCUT2D eigenvalue weighted by molar-refractivity contribution is 5.82. The molecule has 0 spiro atoms. The molecule has 5 rings (SSSR count). The molecule has 0 radical (unpaired) electrons. The van der Waals surface area contributed by atoms with Gasteiger partial charge in [-0.2, -0.15) is 4.98 Å². The van der Waals surface area contributed by atoms with Crippen molar-refractivity contribution in [3.8, 4) is 5.75 Å². The topological polar surface area (TPSA) is 75.2 Å². The number of benzene rings is 2. The Morgan fingerprint density at radius 3 is 2.57 bits per heavy atom. The lowest BCUT2D eigenvalue weighted by atomic mass is 10.1. The molecule has 1 aliphatic heterocycles. The lowest BCUT2D eigenvalue weighted by Crippen LogP contribution is -2.31. The van der Waals surface area contributed by atoms with Crippen LogP contribution in [0.5, 0.6) is 5.75 Å². The number of nitrogens with zero attached hydrogens (tertiary/aromatic N) is 4. The lowest BCUT2D eigenvalue weighted by molar-refractivity contribution is 0.205. The number of rotatable bonds is 9. The number of piperidine rings is 1. The number of ether oxygens (including phenoxy) is 1. The van der Waals surface area contributed by atoms with Gasteiger partial charge < -0.3 is 20.3 Å². The first-order chi connectivity index (χ1) is 17.2. The van der Waals surface area contributed by atoms with Crippen LogP contribution in [-0.4, -0.2) is 46.1 Å². The van der Waals surface area contributed by atoms with Gasteiger partial charge in [0, 0.05) is 17.6 Å². The summed E-state index contributed by atoms with van der Waals surface area (Å²) in [6, 6.07) is 17.3. The van der Waals surface area contributed by atoms with E-state index in [2.05, 4.69) is 30.5 Å². The van der Waals surface area contributed by atoms with E-state index in [1.807, 2.05) is 54.6 Å². The number of fused-ring (bicyclic) bond motifs is 1. The average molecular weight is 473 g/mol.